The SMILES string of the molecule is CC1(C)CCC(c2ccc(Cl)cc2)=C(CN2CCN(c3ccc(C(=O)NS(=O)(=O)c4ccc(NC[C@H]5CC[C@H](N6CCN(Cc7ccc8c(c7)C(=O)N(C7CCC(=O)NC7=O)C8=O)CC6)CC5)c(S(=O)(=O)C(F)(F)F)c4)cc3)CC2)C1. The Morgan fingerprint density at radius 2 is 1.40 bits per heavy atom. The fraction of sp³-hybridized carbons (Fsp3) is 0.466. The molecule has 4 fully saturated rings. The Morgan fingerprint density at radius 3 is 2.06 bits per heavy atom. The molecule has 17 nitrogen and oxygen atoms in total. The standard InChI is InChI=1S/C58H66ClF3N8O9S2/c1-57(2)22-21-46(39-6-10-42(59)11-7-39)41(33-57)36-67-25-29-69(30-26-67)44-14-8-40(9-15-44)53(72)65-81(78,79)45-16-18-49(51(32-45)80(76,77)58(60,61)62)63-34-37-3-12-43(13-4-37)68-27-23-66(24-28-68)35-38-5-17-47-48(31-38)56(75)70(55(47)74)50-19-20-52(71)64-54(50)73/h5-11,14-18,31-32,37,43,50,63H,3-4,12-13,19-30,33-36H2,1-2H3,(H,65,72)(H,64,71,73)/t37-,43-,50?. The first-order chi connectivity index (χ1) is 38.4. The summed E-state index contributed by atoms with van der Waals surface area (Å²) in [5.41, 5.74) is 0.178. The number of piperazine rings is 2. The van der Waals surface area contributed by atoms with Crippen LogP contribution in [0.5, 0.6) is 0 Å². The lowest BCUT2D eigenvalue weighted by atomic mass is 9.73. The van der Waals surface area contributed by atoms with Crippen molar-refractivity contribution in [3.05, 3.63) is 123 Å². The van der Waals surface area contributed by atoms with Gasteiger partial charge in [0.15, 0.2) is 0 Å². The lowest BCUT2D eigenvalue weighted by molar-refractivity contribution is -0.136. The predicted molar refractivity (Wildman–Crippen MR) is 300 cm³/mol. The number of allylic oxidation sites excluding steroid dienone is 1. The topological polar surface area (TPSA) is 206 Å². The zero-order chi connectivity index (χ0) is 57.6. The number of imide groups is 2. The van der Waals surface area contributed by atoms with Crippen molar-refractivity contribution in [2.45, 2.75) is 106 Å². The van der Waals surface area contributed by atoms with E-state index in [1.807, 2.05) is 16.9 Å². The van der Waals surface area contributed by atoms with E-state index < -0.39 is 76.4 Å². The van der Waals surface area contributed by atoms with E-state index in [0.717, 1.165) is 119 Å². The van der Waals surface area contributed by atoms with Crippen LogP contribution in [0.25, 0.3) is 5.57 Å². The number of rotatable bonds is 15. The number of amides is 5. The van der Waals surface area contributed by atoms with Gasteiger partial charge in [0.1, 0.15) is 10.9 Å². The molecule has 0 aromatic heterocycles. The molecule has 10 rings (SSSR count). The summed E-state index contributed by atoms with van der Waals surface area (Å²) in [6.07, 6.45) is 6.23. The number of carbonyl (C=O) groups excluding carboxylic acids is 5. The van der Waals surface area contributed by atoms with Crippen LogP contribution in [0.3, 0.4) is 0 Å². The van der Waals surface area contributed by atoms with Crippen LogP contribution in [0.15, 0.2) is 100 Å². The number of fused-ring (bicyclic) bond motifs is 1. The van der Waals surface area contributed by atoms with Crippen molar-refractivity contribution in [2.75, 3.05) is 75.7 Å². The number of alkyl halides is 3. The van der Waals surface area contributed by atoms with Gasteiger partial charge in [0.2, 0.25) is 11.8 Å². The molecule has 4 aromatic rings. The van der Waals surface area contributed by atoms with Crippen molar-refractivity contribution < 1.29 is 54.0 Å². The number of nitrogens with one attached hydrogen (secondary N) is 3. The smallest absolute Gasteiger partial charge is 0.384 e. The summed E-state index contributed by atoms with van der Waals surface area (Å²) in [5, 5.41) is 5.78. The number of carbonyl (C=O) groups is 5. The van der Waals surface area contributed by atoms with Crippen molar-refractivity contribution in [1.29, 1.82) is 0 Å². The van der Waals surface area contributed by atoms with Crippen LogP contribution >= 0.6 is 11.6 Å². The van der Waals surface area contributed by atoms with E-state index in [-0.39, 0.29) is 53.5 Å². The Bertz CT molecular complexity index is 3370. The first kappa shape index (κ1) is 58.0. The molecule has 4 aliphatic heterocycles. The Labute approximate surface area is 475 Å². The molecule has 3 saturated heterocycles. The number of piperidine rings is 1. The Hall–Kier alpha value is -6.17. The van der Waals surface area contributed by atoms with Gasteiger partial charge < -0.3 is 10.2 Å². The van der Waals surface area contributed by atoms with Crippen LogP contribution in [-0.4, -0.2) is 149 Å². The highest BCUT2D eigenvalue weighted by Gasteiger charge is 2.49. The lowest BCUT2D eigenvalue weighted by Gasteiger charge is -2.42. The summed E-state index contributed by atoms with van der Waals surface area (Å²) in [4.78, 5) is 72.2. The Balaban J connectivity index is 0.700. The van der Waals surface area contributed by atoms with Gasteiger partial charge in [0.05, 0.1) is 21.7 Å². The van der Waals surface area contributed by atoms with Gasteiger partial charge >= 0.3 is 5.51 Å². The van der Waals surface area contributed by atoms with E-state index in [4.69, 9.17) is 11.6 Å². The largest absolute Gasteiger partial charge is 0.501 e. The van der Waals surface area contributed by atoms with Gasteiger partial charge in [-0.2, -0.15) is 13.2 Å². The van der Waals surface area contributed by atoms with E-state index in [1.165, 1.54) is 28.8 Å². The molecular formula is C58H66ClF3N8O9S2. The Kier molecular flexibility index (Phi) is 16.6. The lowest BCUT2D eigenvalue weighted by Crippen LogP contribution is -2.54. The summed E-state index contributed by atoms with van der Waals surface area (Å²) in [5.74, 6) is -3.28. The maximum Gasteiger partial charge on any atom is 0.501 e. The van der Waals surface area contributed by atoms with Crippen LogP contribution < -0.4 is 20.3 Å². The molecule has 5 amide bonds. The predicted octanol–water partition coefficient (Wildman–Crippen LogP) is 7.73. The summed E-state index contributed by atoms with van der Waals surface area (Å²) >= 11 is 6.20. The molecule has 1 saturated carbocycles. The van der Waals surface area contributed by atoms with E-state index in [9.17, 15) is 54.0 Å². The fourth-order valence-corrected chi connectivity index (χ4v) is 14.5. The molecule has 1 unspecified atom stereocenters. The van der Waals surface area contributed by atoms with Crippen LogP contribution in [0.1, 0.15) is 114 Å². The fourth-order valence-electron chi connectivity index (χ4n) is 12.4. The quantitative estimate of drug-likeness (QED) is 0.0975. The van der Waals surface area contributed by atoms with Crippen LogP contribution in [0, 0.1) is 11.3 Å². The number of hydrogen-bond donors (Lipinski definition) is 3. The summed E-state index contributed by atoms with van der Waals surface area (Å²) in [6.45, 7) is 12.2. The first-order valence-electron chi connectivity index (χ1n) is 27.5. The number of sulfone groups is 1. The maximum atomic E-state index is 14.2. The van der Waals surface area contributed by atoms with Crippen LogP contribution in [-0.2, 0) is 36.0 Å². The number of benzene rings is 4. The molecule has 81 heavy (non-hydrogen) atoms. The van der Waals surface area contributed by atoms with Gasteiger partial charge in [-0.25, -0.2) is 21.6 Å². The summed E-state index contributed by atoms with van der Waals surface area (Å²) in [6, 6.07) is 21.1. The molecule has 3 N–H and O–H groups in total. The average molecular weight is 1180 g/mol. The number of anilines is 2. The molecule has 0 bridgehead atoms. The van der Waals surface area contributed by atoms with E-state index in [1.54, 1.807) is 30.3 Å². The third-order valence-electron chi connectivity index (χ3n) is 17.0. The summed E-state index contributed by atoms with van der Waals surface area (Å²) in [7, 11) is -10.9. The van der Waals surface area contributed by atoms with Crippen molar-refractivity contribution in [1.82, 2.24) is 29.6 Å². The molecule has 1 atom stereocenters. The minimum absolute atomic E-state index is 0.0179. The highest BCUT2D eigenvalue weighted by atomic mass is 35.5. The van der Waals surface area contributed by atoms with Crippen molar-refractivity contribution in [3.8, 4) is 0 Å². The van der Waals surface area contributed by atoms with Gasteiger partial charge in [0.25, 0.3) is 37.6 Å². The zero-order valence-corrected chi connectivity index (χ0v) is 47.6. The summed E-state index contributed by atoms with van der Waals surface area (Å²) < 4.78 is 97.6. The van der Waals surface area contributed by atoms with Crippen molar-refractivity contribution >= 4 is 77.9 Å². The monoisotopic (exact) mass is 1170 g/mol. The third-order valence-corrected chi connectivity index (χ3v) is 20.1. The minimum Gasteiger partial charge on any atom is -0.384 e. The second-order valence-electron chi connectivity index (χ2n) is 23.0. The number of halogens is 4. The average Bonchev–Trinajstić information content (AvgIpc) is 3.84. The maximum absolute atomic E-state index is 14.2. The number of nitrogens with zero attached hydrogens (tertiary/aromatic N) is 5. The second kappa shape index (κ2) is 23.2. The Morgan fingerprint density at radius 1 is 0.741 bits per heavy atom. The highest BCUT2D eigenvalue weighted by molar-refractivity contribution is 7.92. The van der Waals surface area contributed by atoms with Crippen LogP contribution in [0.2, 0.25) is 5.02 Å². The zero-order valence-electron chi connectivity index (χ0n) is 45.2. The number of sulfonamides is 1. The number of hydrogen-bond acceptors (Lipinski definition) is 14. The molecule has 2 aliphatic carbocycles. The molecule has 6 aliphatic rings. The van der Waals surface area contributed by atoms with Crippen molar-refractivity contribution in [3.63, 3.8) is 0 Å². The molecule has 4 heterocycles. The van der Waals surface area contributed by atoms with E-state index >= 15 is 0 Å². The molecule has 4 aromatic carbocycles. The molecule has 0 spiro atoms. The molecule has 0 radical (unpaired) electrons. The highest BCUT2D eigenvalue weighted by Crippen LogP contribution is 2.43. The second-order valence-corrected chi connectivity index (χ2v) is 27.0. The van der Waals surface area contributed by atoms with Gasteiger partial charge in [-0.15, -0.1) is 0 Å². The van der Waals surface area contributed by atoms with E-state index in [2.05, 4.69) is 56.2 Å². The third kappa shape index (κ3) is 12.8. The van der Waals surface area contributed by atoms with Gasteiger partial charge in [-0.1, -0.05) is 49.2 Å². The van der Waals surface area contributed by atoms with Crippen molar-refractivity contribution in [2.24, 2.45) is 11.3 Å². The molecule has 23 heteroatoms. The van der Waals surface area contributed by atoms with Gasteiger partial charge in [-0.3, -0.25) is 48.9 Å². The molecular weight excluding hydrogens is 1110 g/mol. The first-order valence-corrected chi connectivity index (χ1v) is 30.9. The van der Waals surface area contributed by atoms with Crippen LogP contribution in [0.4, 0.5) is 24.5 Å². The van der Waals surface area contributed by atoms with E-state index in [0.29, 0.717) is 30.5 Å². The normalized spacial score (nSPS) is 22.7. The minimum atomic E-state index is -6.05. The van der Waals surface area contributed by atoms with Gasteiger partial charge in [-0.05, 0) is 146 Å². The molecule has 432 valence electrons. The van der Waals surface area contributed by atoms with Gasteiger partial charge in [0, 0.05) is 101 Å².